The lowest BCUT2D eigenvalue weighted by Gasteiger charge is -2.39. The van der Waals surface area contributed by atoms with Crippen LogP contribution in [-0.4, -0.2) is 47.9 Å². The summed E-state index contributed by atoms with van der Waals surface area (Å²) in [7, 11) is 0. The van der Waals surface area contributed by atoms with Crippen molar-refractivity contribution < 1.29 is 9.18 Å². The summed E-state index contributed by atoms with van der Waals surface area (Å²) in [4.78, 5) is 15.9. The van der Waals surface area contributed by atoms with Crippen molar-refractivity contribution in [2.24, 2.45) is 0 Å². The predicted molar refractivity (Wildman–Crippen MR) is 82.7 cm³/mol. The first-order valence-corrected chi connectivity index (χ1v) is 7.41. The lowest BCUT2D eigenvalue weighted by atomic mass is 10.1. The number of nitrogens with zero attached hydrogens (tertiary/aromatic N) is 2. The van der Waals surface area contributed by atoms with E-state index >= 15 is 0 Å². The van der Waals surface area contributed by atoms with Gasteiger partial charge in [-0.2, -0.15) is 0 Å². The normalized spacial score (nSPS) is 19.6. The summed E-state index contributed by atoms with van der Waals surface area (Å²) >= 11 is 0. The Labute approximate surface area is 126 Å². The van der Waals surface area contributed by atoms with Gasteiger partial charge in [0.2, 0.25) is 5.91 Å². The van der Waals surface area contributed by atoms with Crippen LogP contribution in [0.4, 0.5) is 4.39 Å². The highest BCUT2D eigenvalue weighted by Crippen LogP contribution is 2.13. The van der Waals surface area contributed by atoms with Crippen LogP contribution in [0.2, 0.25) is 0 Å². The van der Waals surface area contributed by atoms with Gasteiger partial charge in [0.25, 0.3) is 0 Å². The molecule has 0 radical (unpaired) electrons. The Balaban J connectivity index is 1.86. The van der Waals surface area contributed by atoms with Crippen LogP contribution in [0.5, 0.6) is 0 Å². The van der Waals surface area contributed by atoms with Gasteiger partial charge in [0.1, 0.15) is 5.82 Å². The fourth-order valence-electron chi connectivity index (χ4n) is 2.76. The van der Waals surface area contributed by atoms with Crippen LogP contribution in [0.15, 0.2) is 30.9 Å². The Morgan fingerprint density at radius 2 is 2.24 bits per heavy atom. The van der Waals surface area contributed by atoms with Crippen molar-refractivity contribution in [3.63, 3.8) is 0 Å². The zero-order valence-electron chi connectivity index (χ0n) is 12.8. The number of carbonyl (C=O) groups is 1. The Hall–Kier alpha value is -1.68. The molecule has 0 N–H and O–H groups in total. The molecule has 1 aromatic carbocycles. The average molecular weight is 290 g/mol. The van der Waals surface area contributed by atoms with Crippen molar-refractivity contribution in [2.75, 3.05) is 26.2 Å². The predicted octanol–water partition coefficient (Wildman–Crippen LogP) is 2.40. The molecule has 21 heavy (non-hydrogen) atoms. The van der Waals surface area contributed by atoms with Crippen LogP contribution in [0, 0.1) is 12.7 Å². The third kappa shape index (κ3) is 3.91. The third-order valence-corrected chi connectivity index (χ3v) is 4.12. The maximum Gasteiger partial charge on any atom is 0.246 e. The number of benzene rings is 1. The van der Waals surface area contributed by atoms with E-state index < -0.39 is 0 Å². The summed E-state index contributed by atoms with van der Waals surface area (Å²) in [6.45, 7) is 10.7. The smallest absolute Gasteiger partial charge is 0.246 e. The number of amides is 1. The molecule has 1 aromatic rings. The Bertz CT molecular complexity index is 530. The molecular weight excluding hydrogens is 267 g/mol. The molecule has 0 spiro atoms. The van der Waals surface area contributed by atoms with Gasteiger partial charge < -0.3 is 4.90 Å². The van der Waals surface area contributed by atoms with E-state index in [1.807, 2.05) is 17.0 Å². The van der Waals surface area contributed by atoms with E-state index in [1.165, 1.54) is 6.08 Å². The molecule has 1 saturated heterocycles. The van der Waals surface area contributed by atoms with Gasteiger partial charge in [-0.3, -0.25) is 9.69 Å². The minimum Gasteiger partial charge on any atom is -0.334 e. The first-order valence-electron chi connectivity index (χ1n) is 7.41. The Kier molecular flexibility index (Phi) is 5.12. The fraction of sp³-hybridized carbons (Fsp3) is 0.471. The molecule has 114 valence electrons. The molecule has 3 nitrogen and oxygen atoms in total. The van der Waals surface area contributed by atoms with Crippen molar-refractivity contribution in [3.05, 3.63) is 47.8 Å². The molecular formula is C17H23FN2O. The van der Waals surface area contributed by atoms with Gasteiger partial charge in [-0.05, 0) is 43.5 Å². The summed E-state index contributed by atoms with van der Waals surface area (Å²) in [6, 6.07) is 5.63. The van der Waals surface area contributed by atoms with E-state index in [0.29, 0.717) is 5.56 Å². The molecule has 1 fully saturated rings. The molecule has 1 aliphatic rings. The topological polar surface area (TPSA) is 23.6 Å². The van der Waals surface area contributed by atoms with Gasteiger partial charge in [0.15, 0.2) is 0 Å². The summed E-state index contributed by atoms with van der Waals surface area (Å²) < 4.78 is 13.5. The van der Waals surface area contributed by atoms with Crippen molar-refractivity contribution in [1.82, 2.24) is 9.80 Å². The highest BCUT2D eigenvalue weighted by atomic mass is 19.1. The van der Waals surface area contributed by atoms with Crippen molar-refractivity contribution >= 4 is 5.91 Å². The zero-order chi connectivity index (χ0) is 15.4. The second-order valence-corrected chi connectivity index (χ2v) is 5.72. The number of piperazine rings is 1. The number of hydrogen-bond donors (Lipinski definition) is 0. The second-order valence-electron chi connectivity index (χ2n) is 5.72. The number of carbonyl (C=O) groups excluding carboxylic acids is 1. The molecule has 1 atom stereocenters. The molecule has 0 aromatic heterocycles. The van der Waals surface area contributed by atoms with Crippen LogP contribution in [-0.2, 0) is 11.2 Å². The first-order chi connectivity index (χ1) is 10.0. The van der Waals surface area contributed by atoms with Crippen LogP contribution >= 0.6 is 0 Å². The second kappa shape index (κ2) is 6.85. The van der Waals surface area contributed by atoms with Crippen molar-refractivity contribution in [3.8, 4) is 0 Å². The molecule has 1 amide bonds. The zero-order valence-corrected chi connectivity index (χ0v) is 12.8. The van der Waals surface area contributed by atoms with E-state index in [-0.39, 0.29) is 17.8 Å². The molecule has 1 heterocycles. The van der Waals surface area contributed by atoms with Crippen molar-refractivity contribution in [1.29, 1.82) is 0 Å². The first kappa shape index (κ1) is 15.7. The summed E-state index contributed by atoms with van der Waals surface area (Å²) in [6.07, 6.45) is 2.21. The van der Waals surface area contributed by atoms with Gasteiger partial charge >= 0.3 is 0 Å². The van der Waals surface area contributed by atoms with Gasteiger partial charge in [0.05, 0.1) is 0 Å². The summed E-state index contributed by atoms with van der Waals surface area (Å²) in [5, 5.41) is 0. The van der Waals surface area contributed by atoms with Crippen LogP contribution in [0.3, 0.4) is 0 Å². The molecule has 0 bridgehead atoms. The van der Waals surface area contributed by atoms with Gasteiger partial charge in [-0.15, -0.1) is 0 Å². The number of hydrogen-bond acceptors (Lipinski definition) is 2. The molecule has 2 rings (SSSR count). The number of halogens is 1. The van der Waals surface area contributed by atoms with E-state index in [1.54, 1.807) is 13.0 Å². The van der Waals surface area contributed by atoms with E-state index in [0.717, 1.165) is 38.2 Å². The Morgan fingerprint density at radius 3 is 2.86 bits per heavy atom. The van der Waals surface area contributed by atoms with E-state index in [9.17, 15) is 9.18 Å². The average Bonchev–Trinajstić information content (AvgIpc) is 2.48. The fourth-order valence-corrected chi connectivity index (χ4v) is 2.76. The highest BCUT2D eigenvalue weighted by molar-refractivity contribution is 5.87. The SMILES string of the molecule is C=CC(=O)N1CCN(CCc2ccc(C)c(F)c2)C[C@H]1C. The molecule has 1 aliphatic heterocycles. The largest absolute Gasteiger partial charge is 0.334 e. The molecule has 0 unspecified atom stereocenters. The third-order valence-electron chi connectivity index (χ3n) is 4.12. The summed E-state index contributed by atoms with van der Waals surface area (Å²) in [5.41, 5.74) is 1.71. The van der Waals surface area contributed by atoms with Crippen LogP contribution in [0.25, 0.3) is 0 Å². The maximum atomic E-state index is 13.5. The van der Waals surface area contributed by atoms with Crippen LogP contribution < -0.4 is 0 Å². The number of rotatable bonds is 4. The highest BCUT2D eigenvalue weighted by Gasteiger charge is 2.25. The monoisotopic (exact) mass is 290 g/mol. The summed E-state index contributed by atoms with van der Waals surface area (Å²) in [5.74, 6) is -0.134. The lowest BCUT2D eigenvalue weighted by molar-refractivity contribution is -0.130. The quantitative estimate of drug-likeness (QED) is 0.795. The standard InChI is InChI=1S/C17H23FN2O/c1-4-17(21)20-10-9-19(12-14(20)3)8-7-15-6-5-13(2)16(18)11-15/h4-6,11,14H,1,7-10,12H2,2-3H3/t14-/m1/s1. The van der Waals surface area contributed by atoms with Gasteiger partial charge in [-0.25, -0.2) is 4.39 Å². The van der Waals surface area contributed by atoms with Gasteiger partial charge in [0, 0.05) is 32.2 Å². The minimum absolute atomic E-state index is 0.00255. The minimum atomic E-state index is -0.137. The van der Waals surface area contributed by atoms with E-state index in [2.05, 4.69) is 18.4 Å². The number of aryl methyl sites for hydroxylation is 1. The lowest BCUT2D eigenvalue weighted by Crippen LogP contribution is -2.53. The Morgan fingerprint density at radius 1 is 1.48 bits per heavy atom. The maximum absolute atomic E-state index is 13.5. The molecule has 0 saturated carbocycles. The molecule has 4 heteroatoms. The van der Waals surface area contributed by atoms with E-state index in [4.69, 9.17) is 0 Å². The van der Waals surface area contributed by atoms with Crippen molar-refractivity contribution in [2.45, 2.75) is 26.3 Å². The van der Waals surface area contributed by atoms with Gasteiger partial charge in [-0.1, -0.05) is 18.7 Å². The van der Waals surface area contributed by atoms with Crippen LogP contribution in [0.1, 0.15) is 18.1 Å². The molecule has 0 aliphatic carbocycles.